The number of ether oxygens (including phenoxy) is 1. The van der Waals surface area contributed by atoms with Gasteiger partial charge in [0.15, 0.2) is 6.07 Å². The van der Waals surface area contributed by atoms with Crippen molar-refractivity contribution in [3.63, 3.8) is 0 Å². The molecule has 1 aromatic rings. The fraction of sp³-hybridized carbons (Fsp3) is 0.308. The molecule has 90 valence electrons. The number of rotatable bonds is 3. The second-order valence-electron chi connectivity index (χ2n) is 3.86. The molecule has 0 fully saturated rings. The van der Waals surface area contributed by atoms with Crippen LogP contribution in [0.2, 0.25) is 0 Å². The van der Waals surface area contributed by atoms with Crippen molar-refractivity contribution in [3.8, 4) is 0 Å². The number of carbonyl (C=O) groups is 1. The molecule has 17 heavy (non-hydrogen) atoms. The van der Waals surface area contributed by atoms with E-state index in [2.05, 4.69) is 12.6 Å². The fourth-order valence-electron chi connectivity index (χ4n) is 2.27. The van der Waals surface area contributed by atoms with Crippen LogP contribution in [0.25, 0.3) is 0 Å². The van der Waals surface area contributed by atoms with Crippen LogP contribution in [0.3, 0.4) is 0 Å². The molecule has 0 spiro atoms. The molecule has 3 nitrogen and oxygen atoms in total. The Morgan fingerprint density at radius 2 is 2.35 bits per heavy atom. The second-order valence-corrected chi connectivity index (χ2v) is 4.08. The van der Waals surface area contributed by atoms with E-state index >= 15 is 0 Å². The number of halogens is 1. The van der Waals surface area contributed by atoms with Crippen LogP contribution in [0.4, 0.5) is 4.79 Å². The summed E-state index contributed by atoms with van der Waals surface area (Å²) in [5.41, 5.74) is 2.45. The lowest BCUT2D eigenvalue weighted by Gasteiger charge is -2.24. The number of benzene rings is 1. The maximum atomic E-state index is 11.7. The largest absolute Gasteiger partial charge is 0.433 e. The van der Waals surface area contributed by atoms with Crippen molar-refractivity contribution in [1.29, 1.82) is 0 Å². The number of alkyl halides is 1. The smallest absolute Gasteiger partial charge is 0.415 e. The predicted molar refractivity (Wildman–Crippen MR) is 66.7 cm³/mol. The third kappa shape index (κ3) is 2.29. The van der Waals surface area contributed by atoms with Crippen molar-refractivity contribution in [1.82, 2.24) is 4.90 Å². The number of amides is 1. The molecule has 0 bridgehead atoms. The molecule has 0 aromatic heterocycles. The van der Waals surface area contributed by atoms with E-state index < -0.39 is 6.09 Å². The minimum atomic E-state index is -0.447. The first-order valence-electron chi connectivity index (χ1n) is 5.49. The van der Waals surface area contributed by atoms with Crippen molar-refractivity contribution in [2.75, 3.05) is 6.07 Å². The van der Waals surface area contributed by atoms with Crippen molar-refractivity contribution in [2.24, 2.45) is 0 Å². The Labute approximate surface area is 106 Å². The van der Waals surface area contributed by atoms with E-state index in [0.717, 1.165) is 12.8 Å². The van der Waals surface area contributed by atoms with Gasteiger partial charge in [-0.1, -0.05) is 42.4 Å². The van der Waals surface area contributed by atoms with E-state index in [9.17, 15) is 4.79 Å². The monoisotopic (exact) mass is 251 g/mol. The summed E-state index contributed by atoms with van der Waals surface area (Å²) < 4.78 is 4.80. The molecule has 0 aliphatic heterocycles. The summed E-state index contributed by atoms with van der Waals surface area (Å²) >= 11 is 5.40. The predicted octanol–water partition coefficient (Wildman–Crippen LogP) is 3.45. The Hall–Kier alpha value is -1.48. The van der Waals surface area contributed by atoms with Crippen molar-refractivity contribution >= 4 is 17.7 Å². The normalized spacial score (nSPS) is 17.4. The molecular formula is C13H14ClNO2. The van der Waals surface area contributed by atoms with Gasteiger partial charge < -0.3 is 4.74 Å². The summed E-state index contributed by atoms with van der Waals surface area (Å²) in [7, 11) is 0. The lowest BCUT2D eigenvalue weighted by molar-refractivity contribution is 0.120. The average molecular weight is 252 g/mol. The minimum Gasteiger partial charge on any atom is -0.433 e. The Morgan fingerprint density at radius 1 is 1.59 bits per heavy atom. The number of fused-ring (bicyclic) bond motifs is 1. The lowest BCUT2D eigenvalue weighted by atomic mass is 10.1. The molecule has 0 N–H and O–H groups in total. The molecule has 1 aliphatic rings. The number of aryl methyl sites for hydroxylation is 1. The lowest BCUT2D eigenvalue weighted by Crippen LogP contribution is -2.29. The zero-order valence-corrected chi connectivity index (χ0v) is 10.2. The van der Waals surface area contributed by atoms with E-state index in [0.29, 0.717) is 0 Å². The molecule has 4 heteroatoms. The molecule has 1 aliphatic carbocycles. The van der Waals surface area contributed by atoms with Crippen LogP contribution in [0, 0.1) is 0 Å². The van der Waals surface area contributed by atoms with Crippen LogP contribution < -0.4 is 0 Å². The molecule has 0 radical (unpaired) electrons. The summed E-state index contributed by atoms with van der Waals surface area (Å²) in [6, 6.07) is 7.99. The highest BCUT2D eigenvalue weighted by Gasteiger charge is 2.29. The Balaban J connectivity index is 2.23. The fourth-order valence-corrected chi connectivity index (χ4v) is 2.37. The van der Waals surface area contributed by atoms with Gasteiger partial charge in [-0.05, 0) is 24.0 Å². The van der Waals surface area contributed by atoms with Gasteiger partial charge in [0.05, 0.1) is 6.04 Å². The van der Waals surface area contributed by atoms with Crippen LogP contribution in [0.5, 0.6) is 0 Å². The standard InChI is InChI=1S/C13H14ClNO2/c1-2-15(13(16)17-9-14)12-8-7-10-5-3-4-6-11(10)12/h2-6,12H,1,7-9H2/t12-/m1/s1. The maximum absolute atomic E-state index is 11.7. The van der Waals surface area contributed by atoms with Crippen molar-refractivity contribution < 1.29 is 9.53 Å². The van der Waals surface area contributed by atoms with E-state index in [1.54, 1.807) is 0 Å². The van der Waals surface area contributed by atoms with Gasteiger partial charge in [-0.2, -0.15) is 0 Å². The number of nitrogens with zero attached hydrogens (tertiary/aromatic N) is 1. The summed E-state index contributed by atoms with van der Waals surface area (Å²) in [4.78, 5) is 13.2. The molecule has 1 atom stereocenters. The van der Waals surface area contributed by atoms with Gasteiger partial charge in [0.25, 0.3) is 0 Å². The minimum absolute atomic E-state index is 0.0133. The first-order chi connectivity index (χ1) is 8.27. The van der Waals surface area contributed by atoms with Crippen LogP contribution >= 0.6 is 11.6 Å². The van der Waals surface area contributed by atoms with Crippen LogP contribution in [-0.2, 0) is 11.2 Å². The summed E-state index contributed by atoms with van der Waals surface area (Å²) in [5, 5.41) is 0. The van der Waals surface area contributed by atoms with Gasteiger partial charge in [-0.15, -0.1) is 0 Å². The van der Waals surface area contributed by atoms with E-state index in [-0.39, 0.29) is 12.1 Å². The highest BCUT2D eigenvalue weighted by molar-refractivity contribution is 6.17. The number of hydrogen-bond donors (Lipinski definition) is 0. The summed E-state index contributed by atoms with van der Waals surface area (Å²) in [6.07, 6.45) is 2.92. The van der Waals surface area contributed by atoms with Crippen LogP contribution in [0.1, 0.15) is 23.6 Å². The van der Waals surface area contributed by atoms with Crippen molar-refractivity contribution in [2.45, 2.75) is 18.9 Å². The quantitative estimate of drug-likeness (QED) is 0.770. The summed E-state index contributed by atoms with van der Waals surface area (Å²) in [6.45, 7) is 3.66. The molecule has 1 aromatic carbocycles. The second kappa shape index (κ2) is 5.23. The van der Waals surface area contributed by atoms with E-state index in [4.69, 9.17) is 16.3 Å². The molecule has 0 heterocycles. The molecular weight excluding hydrogens is 238 g/mol. The van der Waals surface area contributed by atoms with Crippen molar-refractivity contribution in [3.05, 3.63) is 48.2 Å². The topological polar surface area (TPSA) is 29.5 Å². The van der Waals surface area contributed by atoms with Gasteiger partial charge in [0, 0.05) is 6.20 Å². The van der Waals surface area contributed by atoms with Gasteiger partial charge in [-0.3, -0.25) is 4.90 Å². The van der Waals surface area contributed by atoms with E-state index in [1.165, 1.54) is 22.2 Å². The number of hydrogen-bond acceptors (Lipinski definition) is 2. The molecule has 0 saturated carbocycles. The molecule has 0 unspecified atom stereocenters. The zero-order chi connectivity index (χ0) is 12.3. The Bertz CT molecular complexity index is 433. The van der Waals surface area contributed by atoms with Crippen LogP contribution in [-0.4, -0.2) is 17.1 Å². The van der Waals surface area contributed by atoms with Gasteiger partial charge in [0.1, 0.15) is 0 Å². The van der Waals surface area contributed by atoms with Crippen LogP contribution in [0.15, 0.2) is 37.0 Å². The van der Waals surface area contributed by atoms with Gasteiger partial charge in [-0.25, -0.2) is 4.79 Å². The average Bonchev–Trinajstić information content (AvgIpc) is 2.75. The highest BCUT2D eigenvalue weighted by atomic mass is 35.5. The first-order valence-corrected chi connectivity index (χ1v) is 6.02. The Kier molecular flexibility index (Phi) is 3.69. The summed E-state index contributed by atoms with van der Waals surface area (Å²) in [5.74, 6) is 0. The van der Waals surface area contributed by atoms with Gasteiger partial charge >= 0.3 is 6.09 Å². The Morgan fingerprint density at radius 3 is 3.06 bits per heavy atom. The first kappa shape index (κ1) is 12.0. The molecule has 2 rings (SSSR count). The SMILES string of the molecule is C=CN(C(=O)OCCl)[C@@H]1CCc2ccccc21. The third-order valence-electron chi connectivity index (χ3n) is 3.02. The third-order valence-corrected chi connectivity index (χ3v) is 3.13. The maximum Gasteiger partial charge on any atom is 0.415 e. The van der Waals surface area contributed by atoms with Gasteiger partial charge in [0.2, 0.25) is 0 Å². The van der Waals surface area contributed by atoms with E-state index in [1.807, 2.05) is 18.2 Å². The highest BCUT2D eigenvalue weighted by Crippen LogP contribution is 2.35. The molecule has 0 saturated heterocycles. The zero-order valence-electron chi connectivity index (χ0n) is 9.43. The number of carbonyl (C=O) groups excluding carboxylic acids is 1. The molecule has 1 amide bonds.